The fourth-order valence-electron chi connectivity index (χ4n) is 0.950. The zero-order valence-electron chi connectivity index (χ0n) is 5.46. The summed E-state index contributed by atoms with van der Waals surface area (Å²) in [6, 6.07) is 3.69. The number of hydrogen-bond donors (Lipinski definition) is 0. The van der Waals surface area contributed by atoms with Crippen molar-refractivity contribution in [1.82, 2.24) is 9.61 Å². The quantitative estimate of drug-likeness (QED) is 0.681. The molecule has 0 amide bonds. The van der Waals surface area contributed by atoms with E-state index in [1.54, 1.807) is 16.8 Å². The van der Waals surface area contributed by atoms with Crippen LogP contribution < -0.4 is 0 Å². The van der Waals surface area contributed by atoms with E-state index in [-0.39, 0.29) is 0 Å². The molecule has 0 aliphatic heterocycles. The fraction of sp³-hybridized carbons (Fsp3) is 0. The van der Waals surface area contributed by atoms with Gasteiger partial charge in [-0.25, -0.2) is 4.52 Å². The highest BCUT2D eigenvalue weighted by molar-refractivity contribution is 9.10. The Morgan fingerprint density at radius 3 is 3.09 bits per heavy atom. The molecule has 2 nitrogen and oxygen atoms in total. The van der Waals surface area contributed by atoms with Crippen LogP contribution in [0.3, 0.4) is 0 Å². The van der Waals surface area contributed by atoms with Crippen LogP contribution in [0.25, 0.3) is 5.52 Å². The van der Waals surface area contributed by atoms with Gasteiger partial charge >= 0.3 is 0 Å². The molecule has 0 bridgehead atoms. The van der Waals surface area contributed by atoms with Crippen molar-refractivity contribution in [3.63, 3.8) is 0 Å². The minimum atomic E-state index is 0.714. The lowest BCUT2D eigenvalue weighted by atomic mass is 10.4. The summed E-state index contributed by atoms with van der Waals surface area (Å²) < 4.78 is 2.71. The second-order valence-corrected chi connectivity index (χ2v) is 3.49. The molecule has 0 saturated carbocycles. The summed E-state index contributed by atoms with van der Waals surface area (Å²) in [5, 5.41) is 4.78. The average Bonchev–Trinajstić information content (AvgIpc) is 2.31. The van der Waals surface area contributed by atoms with Gasteiger partial charge in [-0.15, -0.1) is 0 Å². The van der Waals surface area contributed by atoms with Crippen LogP contribution in [-0.2, 0) is 0 Å². The first kappa shape index (κ1) is 7.13. The summed E-state index contributed by atoms with van der Waals surface area (Å²) in [7, 11) is 0. The second-order valence-electron chi connectivity index (χ2n) is 2.17. The average molecular weight is 231 g/mol. The molecule has 0 fully saturated rings. The van der Waals surface area contributed by atoms with Crippen LogP contribution in [0, 0.1) is 0 Å². The number of aromatic nitrogens is 2. The molecule has 2 aromatic heterocycles. The predicted octanol–water partition coefficient (Wildman–Crippen LogP) is 2.75. The van der Waals surface area contributed by atoms with Crippen molar-refractivity contribution in [3.8, 4) is 0 Å². The van der Waals surface area contributed by atoms with Crippen LogP contribution in [0.1, 0.15) is 0 Å². The zero-order chi connectivity index (χ0) is 7.84. The molecule has 0 radical (unpaired) electrons. The zero-order valence-corrected chi connectivity index (χ0v) is 7.80. The van der Waals surface area contributed by atoms with Crippen molar-refractivity contribution in [2.45, 2.75) is 0 Å². The largest absolute Gasteiger partial charge is 0.238 e. The Labute approximate surface area is 76.9 Å². The molecular formula is C7H4BrClN2. The van der Waals surface area contributed by atoms with Crippen LogP contribution in [0.4, 0.5) is 0 Å². The first-order chi connectivity index (χ1) is 5.27. The van der Waals surface area contributed by atoms with Gasteiger partial charge in [0.15, 0.2) is 0 Å². The molecule has 11 heavy (non-hydrogen) atoms. The van der Waals surface area contributed by atoms with Crippen molar-refractivity contribution in [3.05, 3.63) is 34.0 Å². The highest BCUT2D eigenvalue weighted by Crippen LogP contribution is 2.20. The molecule has 0 aromatic carbocycles. The third-order valence-corrected chi connectivity index (χ3v) is 2.18. The van der Waals surface area contributed by atoms with E-state index < -0.39 is 0 Å². The molecule has 0 unspecified atom stereocenters. The van der Waals surface area contributed by atoms with E-state index in [0.717, 1.165) is 9.99 Å². The van der Waals surface area contributed by atoms with Gasteiger partial charge in [0.05, 0.1) is 10.5 Å². The Morgan fingerprint density at radius 2 is 2.36 bits per heavy atom. The van der Waals surface area contributed by atoms with Gasteiger partial charge in [-0.05, 0) is 28.1 Å². The van der Waals surface area contributed by atoms with E-state index in [1.165, 1.54) is 0 Å². The summed E-state index contributed by atoms with van der Waals surface area (Å²) in [6.45, 7) is 0. The maximum Gasteiger partial charge on any atom is 0.0844 e. The first-order valence-electron chi connectivity index (χ1n) is 3.06. The van der Waals surface area contributed by atoms with E-state index in [9.17, 15) is 0 Å². The highest BCUT2D eigenvalue weighted by atomic mass is 79.9. The monoisotopic (exact) mass is 230 g/mol. The number of fused-ring (bicyclic) bond motifs is 1. The van der Waals surface area contributed by atoms with Gasteiger partial charge in [0.2, 0.25) is 0 Å². The molecule has 2 heterocycles. The maximum absolute atomic E-state index is 5.89. The lowest BCUT2D eigenvalue weighted by Crippen LogP contribution is -1.86. The van der Waals surface area contributed by atoms with Gasteiger partial charge in [0, 0.05) is 16.9 Å². The lowest BCUT2D eigenvalue weighted by Gasteiger charge is -1.92. The summed E-state index contributed by atoms with van der Waals surface area (Å²) in [6.07, 6.45) is 3.53. The van der Waals surface area contributed by atoms with E-state index in [0.29, 0.717) is 5.02 Å². The fourth-order valence-corrected chi connectivity index (χ4v) is 1.56. The molecule has 0 saturated heterocycles. The normalized spacial score (nSPS) is 10.7. The van der Waals surface area contributed by atoms with E-state index in [4.69, 9.17) is 11.6 Å². The minimum absolute atomic E-state index is 0.714. The predicted molar refractivity (Wildman–Crippen MR) is 47.9 cm³/mol. The molecular weight excluding hydrogens is 227 g/mol. The number of rotatable bonds is 0. The van der Waals surface area contributed by atoms with E-state index in [1.807, 2.05) is 12.3 Å². The molecule has 0 atom stereocenters. The maximum atomic E-state index is 5.89. The van der Waals surface area contributed by atoms with Gasteiger partial charge in [-0.2, -0.15) is 5.10 Å². The van der Waals surface area contributed by atoms with Gasteiger partial charge in [-0.3, -0.25) is 0 Å². The van der Waals surface area contributed by atoms with Crippen LogP contribution in [-0.4, -0.2) is 9.61 Å². The standard InChI is InChI=1S/C7H4BrClN2/c8-5-3-7-6(9)1-2-10-11(7)4-5/h1-4H. The number of hydrogen-bond acceptors (Lipinski definition) is 1. The Bertz CT molecular complexity index is 396. The Balaban J connectivity index is 2.90. The molecule has 0 aliphatic rings. The Hall–Kier alpha value is -0.540. The molecule has 4 heteroatoms. The van der Waals surface area contributed by atoms with Crippen LogP contribution in [0.5, 0.6) is 0 Å². The van der Waals surface area contributed by atoms with Crippen molar-refractivity contribution in [1.29, 1.82) is 0 Å². The van der Waals surface area contributed by atoms with Crippen LogP contribution in [0.2, 0.25) is 5.02 Å². The summed E-state index contributed by atoms with van der Waals surface area (Å²) in [5.74, 6) is 0. The molecule has 0 N–H and O–H groups in total. The van der Waals surface area contributed by atoms with Crippen molar-refractivity contribution in [2.24, 2.45) is 0 Å². The van der Waals surface area contributed by atoms with Crippen LogP contribution in [0.15, 0.2) is 29.0 Å². The Morgan fingerprint density at radius 1 is 1.55 bits per heavy atom. The minimum Gasteiger partial charge on any atom is -0.238 e. The van der Waals surface area contributed by atoms with Crippen molar-refractivity contribution in [2.75, 3.05) is 0 Å². The van der Waals surface area contributed by atoms with Gasteiger partial charge in [0.1, 0.15) is 0 Å². The van der Waals surface area contributed by atoms with E-state index >= 15 is 0 Å². The first-order valence-corrected chi connectivity index (χ1v) is 4.23. The second kappa shape index (κ2) is 2.50. The van der Waals surface area contributed by atoms with Crippen molar-refractivity contribution < 1.29 is 0 Å². The SMILES string of the molecule is Clc1ccnn2cc(Br)cc12. The molecule has 56 valence electrons. The Kier molecular flexibility index (Phi) is 1.62. The molecule has 2 aromatic rings. The van der Waals surface area contributed by atoms with E-state index in [2.05, 4.69) is 21.0 Å². The highest BCUT2D eigenvalue weighted by Gasteiger charge is 2.00. The smallest absolute Gasteiger partial charge is 0.0844 e. The molecule has 2 rings (SSSR count). The number of halogens is 2. The van der Waals surface area contributed by atoms with Gasteiger partial charge in [0.25, 0.3) is 0 Å². The van der Waals surface area contributed by atoms with Crippen molar-refractivity contribution >= 4 is 33.0 Å². The summed E-state index contributed by atoms with van der Waals surface area (Å²) in [4.78, 5) is 0. The lowest BCUT2D eigenvalue weighted by molar-refractivity contribution is 0.939. The summed E-state index contributed by atoms with van der Waals surface area (Å²) >= 11 is 9.23. The van der Waals surface area contributed by atoms with Gasteiger partial charge in [-0.1, -0.05) is 11.6 Å². The topological polar surface area (TPSA) is 17.3 Å². The summed E-state index contributed by atoms with van der Waals surface area (Å²) in [5.41, 5.74) is 0.918. The van der Waals surface area contributed by atoms with Crippen LogP contribution >= 0.6 is 27.5 Å². The van der Waals surface area contributed by atoms with Gasteiger partial charge < -0.3 is 0 Å². The molecule has 0 aliphatic carbocycles. The molecule has 0 spiro atoms. The third-order valence-electron chi connectivity index (χ3n) is 1.42. The third kappa shape index (κ3) is 1.14. The number of nitrogens with zero attached hydrogens (tertiary/aromatic N) is 2.